The van der Waals surface area contributed by atoms with E-state index >= 15 is 0 Å². The van der Waals surface area contributed by atoms with E-state index in [9.17, 15) is 4.79 Å². The lowest BCUT2D eigenvalue weighted by Gasteiger charge is -2.21. The minimum atomic E-state index is -0.590. The molecule has 0 aliphatic heterocycles. The molecule has 0 atom stereocenters. The highest BCUT2D eigenvalue weighted by atomic mass is 16.1. The number of ketones is 1. The predicted molar refractivity (Wildman–Crippen MR) is 65.5 cm³/mol. The van der Waals surface area contributed by atoms with Gasteiger partial charge in [-0.2, -0.15) is 0 Å². The van der Waals surface area contributed by atoms with Gasteiger partial charge in [0.05, 0.1) is 5.54 Å². The van der Waals surface area contributed by atoms with Gasteiger partial charge in [-0.15, -0.1) is 0 Å². The van der Waals surface area contributed by atoms with Crippen LogP contribution in [0.25, 0.3) is 0 Å². The van der Waals surface area contributed by atoms with E-state index in [0.29, 0.717) is 0 Å². The Bertz CT molecular complexity index is 374. The summed E-state index contributed by atoms with van der Waals surface area (Å²) in [5.74, 6) is 0.118. The van der Waals surface area contributed by atoms with Gasteiger partial charge in [0.1, 0.15) is 0 Å². The van der Waals surface area contributed by atoms with Crippen molar-refractivity contribution >= 4 is 5.78 Å². The first-order chi connectivity index (χ1) is 7.65. The number of hydrogen-bond acceptors (Lipinski definition) is 2. The molecular formula is C14H19NO. The van der Waals surface area contributed by atoms with E-state index in [1.54, 1.807) is 0 Å². The normalized spacial score (nSPS) is 18.6. The second-order valence-corrected chi connectivity index (χ2v) is 4.74. The summed E-state index contributed by atoms with van der Waals surface area (Å²) in [6, 6.07) is 7.86. The highest BCUT2D eigenvalue weighted by Gasteiger charge is 2.37. The molecule has 0 aromatic heterocycles. The molecule has 1 aromatic rings. The van der Waals surface area contributed by atoms with Gasteiger partial charge in [0, 0.05) is 5.56 Å². The van der Waals surface area contributed by atoms with Crippen molar-refractivity contribution in [3.63, 3.8) is 0 Å². The summed E-state index contributed by atoms with van der Waals surface area (Å²) in [4.78, 5) is 12.2. The fraction of sp³-hybridized carbons (Fsp3) is 0.500. The number of benzene rings is 1. The molecule has 16 heavy (non-hydrogen) atoms. The number of carbonyl (C=O) groups excluding carboxylic acids is 1. The molecule has 0 amide bonds. The lowest BCUT2D eigenvalue weighted by Crippen LogP contribution is -2.45. The van der Waals surface area contributed by atoms with Crippen LogP contribution < -0.4 is 5.73 Å². The van der Waals surface area contributed by atoms with Gasteiger partial charge in [-0.3, -0.25) is 4.79 Å². The monoisotopic (exact) mass is 217 g/mol. The Morgan fingerprint density at radius 1 is 1.25 bits per heavy atom. The van der Waals surface area contributed by atoms with Crippen LogP contribution in [0.15, 0.2) is 24.3 Å². The zero-order valence-corrected chi connectivity index (χ0v) is 9.83. The number of aryl methyl sites for hydroxylation is 1. The third-order valence-corrected chi connectivity index (χ3v) is 3.57. The van der Waals surface area contributed by atoms with Crippen molar-refractivity contribution in [3.05, 3.63) is 35.4 Å². The molecule has 1 aliphatic rings. The maximum atomic E-state index is 12.2. The molecule has 1 saturated carbocycles. The second-order valence-electron chi connectivity index (χ2n) is 4.74. The van der Waals surface area contributed by atoms with Gasteiger partial charge in [0.15, 0.2) is 5.78 Å². The predicted octanol–water partition coefficient (Wildman–Crippen LogP) is 2.70. The number of nitrogens with two attached hydrogens (primary N) is 1. The van der Waals surface area contributed by atoms with Crippen molar-refractivity contribution in [1.29, 1.82) is 0 Å². The van der Waals surface area contributed by atoms with Crippen LogP contribution >= 0.6 is 0 Å². The van der Waals surface area contributed by atoms with Crippen molar-refractivity contribution in [1.82, 2.24) is 0 Å². The maximum Gasteiger partial charge on any atom is 0.182 e. The third kappa shape index (κ3) is 2.03. The number of rotatable bonds is 3. The quantitative estimate of drug-likeness (QED) is 0.791. The molecule has 1 fully saturated rings. The highest BCUT2D eigenvalue weighted by molar-refractivity contribution is 6.03. The van der Waals surface area contributed by atoms with Gasteiger partial charge >= 0.3 is 0 Å². The first-order valence-electron chi connectivity index (χ1n) is 6.08. The Balaban J connectivity index is 2.20. The van der Waals surface area contributed by atoms with E-state index < -0.39 is 5.54 Å². The molecule has 1 aromatic carbocycles. The van der Waals surface area contributed by atoms with Crippen LogP contribution in [-0.4, -0.2) is 11.3 Å². The molecular weight excluding hydrogens is 198 g/mol. The van der Waals surface area contributed by atoms with E-state index in [1.165, 1.54) is 5.56 Å². The molecule has 0 unspecified atom stereocenters. The largest absolute Gasteiger partial charge is 0.319 e. The summed E-state index contributed by atoms with van der Waals surface area (Å²) in [5.41, 5.74) is 7.59. The third-order valence-electron chi connectivity index (χ3n) is 3.57. The van der Waals surface area contributed by atoms with Gasteiger partial charge in [-0.25, -0.2) is 0 Å². The maximum absolute atomic E-state index is 12.2. The summed E-state index contributed by atoms with van der Waals surface area (Å²) in [6.45, 7) is 2.11. The average Bonchev–Trinajstić information content (AvgIpc) is 2.77. The molecule has 2 rings (SSSR count). The van der Waals surface area contributed by atoms with E-state index in [2.05, 4.69) is 6.92 Å². The number of hydrogen-bond donors (Lipinski definition) is 1. The van der Waals surface area contributed by atoms with Crippen molar-refractivity contribution in [3.8, 4) is 0 Å². The topological polar surface area (TPSA) is 43.1 Å². The zero-order chi connectivity index (χ0) is 11.6. The van der Waals surface area contributed by atoms with Crippen LogP contribution in [0.1, 0.15) is 48.5 Å². The van der Waals surface area contributed by atoms with E-state index in [1.807, 2.05) is 24.3 Å². The Labute approximate surface area is 96.8 Å². The summed E-state index contributed by atoms with van der Waals surface area (Å²) in [5, 5.41) is 0. The molecule has 2 N–H and O–H groups in total. The molecule has 2 heteroatoms. The molecule has 2 nitrogen and oxygen atoms in total. The summed E-state index contributed by atoms with van der Waals surface area (Å²) < 4.78 is 0. The van der Waals surface area contributed by atoms with Crippen LogP contribution in [0.2, 0.25) is 0 Å². The summed E-state index contributed by atoms with van der Waals surface area (Å²) >= 11 is 0. The molecule has 0 bridgehead atoms. The first kappa shape index (κ1) is 11.3. The van der Waals surface area contributed by atoms with Gasteiger partial charge in [0.25, 0.3) is 0 Å². The smallest absolute Gasteiger partial charge is 0.182 e. The summed E-state index contributed by atoms with van der Waals surface area (Å²) in [7, 11) is 0. The van der Waals surface area contributed by atoms with Crippen LogP contribution in [0.5, 0.6) is 0 Å². The molecule has 1 aliphatic carbocycles. The van der Waals surface area contributed by atoms with E-state index in [4.69, 9.17) is 5.73 Å². The van der Waals surface area contributed by atoms with Crippen molar-refractivity contribution in [2.45, 2.75) is 44.6 Å². The van der Waals surface area contributed by atoms with E-state index in [0.717, 1.165) is 37.7 Å². The first-order valence-corrected chi connectivity index (χ1v) is 6.08. The number of Topliss-reactive ketones (excluding diaryl/α,β-unsaturated/α-hetero) is 1. The van der Waals surface area contributed by atoms with Crippen molar-refractivity contribution < 1.29 is 4.79 Å². The van der Waals surface area contributed by atoms with Crippen molar-refractivity contribution in [2.75, 3.05) is 0 Å². The fourth-order valence-corrected chi connectivity index (χ4v) is 2.41. The molecule has 0 spiro atoms. The molecule has 0 heterocycles. The molecule has 0 saturated heterocycles. The van der Waals surface area contributed by atoms with Gasteiger partial charge in [-0.05, 0) is 24.8 Å². The average molecular weight is 217 g/mol. The van der Waals surface area contributed by atoms with Crippen molar-refractivity contribution in [2.24, 2.45) is 5.73 Å². The Morgan fingerprint density at radius 3 is 2.31 bits per heavy atom. The van der Waals surface area contributed by atoms with Gasteiger partial charge < -0.3 is 5.73 Å². The van der Waals surface area contributed by atoms with Crippen LogP contribution in [0, 0.1) is 0 Å². The van der Waals surface area contributed by atoms with Gasteiger partial charge in [0.2, 0.25) is 0 Å². The minimum Gasteiger partial charge on any atom is -0.319 e. The number of carbonyl (C=O) groups is 1. The Hall–Kier alpha value is -1.15. The lowest BCUT2D eigenvalue weighted by molar-refractivity contribution is 0.0892. The van der Waals surface area contributed by atoms with Gasteiger partial charge in [-0.1, -0.05) is 44.0 Å². The molecule has 0 radical (unpaired) electrons. The van der Waals surface area contributed by atoms with Crippen LogP contribution in [0.3, 0.4) is 0 Å². The van der Waals surface area contributed by atoms with Crippen LogP contribution in [-0.2, 0) is 6.42 Å². The Kier molecular flexibility index (Phi) is 3.10. The lowest BCUT2D eigenvalue weighted by atomic mass is 9.88. The molecule has 86 valence electrons. The fourth-order valence-electron chi connectivity index (χ4n) is 2.41. The SMILES string of the molecule is CCc1ccc(C(=O)C2(N)CCCC2)cc1. The standard InChI is InChI=1S/C14H19NO/c1-2-11-5-7-12(8-6-11)13(16)14(15)9-3-4-10-14/h5-8H,2-4,9-10,15H2,1H3. The highest BCUT2D eigenvalue weighted by Crippen LogP contribution is 2.30. The zero-order valence-electron chi connectivity index (χ0n) is 9.83. The summed E-state index contributed by atoms with van der Waals surface area (Å²) in [6.07, 6.45) is 4.83. The van der Waals surface area contributed by atoms with Crippen LogP contribution in [0.4, 0.5) is 0 Å². The second kappa shape index (κ2) is 4.38. The Morgan fingerprint density at radius 2 is 1.81 bits per heavy atom. The minimum absolute atomic E-state index is 0.118. The van der Waals surface area contributed by atoms with E-state index in [-0.39, 0.29) is 5.78 Å².